The number of ether oxygens (including phenoxy) is 1. The van der Waals surface area contributed by atoms with Crippen molar-refractivity contribution in [3.8, 4) is 81.8 Å². The molecule has 0 bridgehead atoms. The van der Waals surface area contributed by atoms with E-state index in [2.05, 4.69) is 94.2 Å². The Kier molecular flexibility index (Phi) is 28.9. The number of aromatic amines is 6. The number of aromatic nitrogens is 18. The molecule has 19 aromatic rings. The number of hydrogen-bond acceptors (Lipinski definition) is 24. The number of nitrogens with one attached hydrogen (secondary N) is 8. The van der Waals surface area contributed by atoms with Crippen LogP contribution >= 0.6 is 0 Å². The number of rotatable bonds is 17. The molecule has 2 saturated heterocycles. The zero-order valence-electron chi connectivity index (χ0n) is 80.3. The van der Waals surface area contributed by atoms with Crippen molar-refractivity contribution < 1.29 is 18.3 Å². The number of piperidine rings is 1. The van der Waals surface area contributed by atoms with E-state index in [1.165, 1.54) is 82.8 Å². The lowest BCUT2D eigenvalue weighted by Crippen LogP contribution is -2.34. The maximum Gasteiger partial charge on any atom is 0.280 e. The molecule has 0 atom stereocenters. The minimum absolute atomic E-state index is 0.00283. The summed E-state index contributed by atoms with van der Waals surface area (Å²) in [6.07, 6.45) is 15.9. The van der Waals surface area contributed by atoms with Crippen molar-refractivity contribution in [1.82, 2.24) is 87.6 Å². The van der Waals surface area contributed by atoms with Crippen molar-refractivity contribution in [2.75, 3.05) is 40.1 Å². The Bertz CT molecular complexity index is 8640. The van der Waals surface area contributed by atoms with Crippen LogP contribution in [0.25, 0.3) is 78.6 Å². The number of benzene rings is 6. The molecule has 13 aromatic heterocycles. The monoisotopic (exact) mass is 1920 g/mol. The highest BCUT2D eigenvalue weighted by atomic mass is 19.1. The minimum Gasteiger partial charge on any atom is -0.464 e. The number of amides is 1. The third kappa shape index (κ3) is 19.7. The molecule has 0 unspecified atom stereocenters. The molecule has 2 aliphatic heterocycles. The van der Waals surface area contributed by atoms with Gasteiger partial charge in [0.15, 0.2) is 33.9 Å². The van der Waals surface area contributed by atoms with Crippen LogP contribution in [-0.4, -0.2) is 113 Å². The normalized spacial score (nSPS) is 12.3. The van der Waals surface area contributed by atoms with E-state index >= 15 is 0 Å². The van der Waals surface area contributed by atoms with E-state index < -0.39 is 0 Å². The Labute approximate surface area is 820 Å². The van der Waals surface area contributed by atoms with Gasteiger partial charge in [0, 0.05) is 125 Å². The van der Waals surface area contributed by atoms with Gasteiger partial charge in [-0.25, -0.2) is 42.9 Å². The third-order valence-corrected chi connectivity index (χ3v) is 24.3. The average molecular weight is 1930 g/mol. The zero-order chi connectivity index (χ0) is 102. The van der Waals surface area contributed by atoms with Crippen LogP contribution in [-0.2, 0) is 11.2 Å². The van der Waals surface area contributed by atoms with Gasteiger partial charge in [-0.15, -0.1) is 0 Å². The van der Waals surface area contributed by atoms with Crippen LogP contribution in [0.15, 0.2) is 234 Å². The van der Waals surface area contributed by atoms with Gasteiger partial charge in [0.05, 0.1) is 33.8 Å². The lowest BCUT2D eigenvalue weighted by molar-refractivity contribution is -0.117. The topological polar surface area (TPSA) is 514 Å². The third-order valence-electron chi connectivity index (χ3n) is 24.3. The quantitative estimate of drug-likeness (QED) is 0.0420. The lowest BCUT2D eigenvalue weighted by Gasteiger charge is -2.29. The first kappa shape index (κ1) is 98.0. The van der Waals surface area contributed by atoms with E-state index in [1.54, 1.807) is 35.4 Å². The smallest absolute Gasteiger partial charge is 0.280 e. The number of carbonyl (C=O) groups excluding carboxylic acids is 1. The van der Waals surface area contributed by atoms with Crippen molar-refractivity contribution >= 4 is 85.1 Å². The van der Waals surface area contributed by atoms with E-state index in [0.717, 1.165) is 94.1 Å². The maximum atomic E-state index is 13.1. The van der Waals surface area contributed by atoms with Crippen LogP contribution in [0.2, 0.25) is 0 Å². The summed E-state index contributed by atoms with van der Waals surface area (Å²) in [5.74, 6) is 1.82. The van der Waals surface area contributed by atoms with E-state index in [9.17, 15) is 53.7 Å². The maximum absolute atomic E-state index is 13.1. The number of H-pyrrole nitrogens is 6. The predicted octanol–water partition coefficient (Wildman–Crippen LogP) is 17.8. The van der Waals surface area contributed by atoms with Gasteiger partial charge in [0.25, 0.3) is 33.4 Å². The molecular formula is C106H97FN28O9. The van der Waals surface area contributed by atoms with E-state index in [-0.39, 0.29) is 86.2 Å². The minimum atomic E-state index is -0.301. The molecule has 37 nitrogen and oxygen atoms in total. The molecule has 15 heterocycles. The van der Waals surface area contributed by atoms with Gasteiger partial charge < -0.3 is 29.6 Å². The molecule has 0 saturated carbocycles. The number of fused-ring (bicyclic) bond motifs is 7. The summed E-state index contributed by atoms with van der Waals surface area (Å²) in [6, 6.07) is 59.6. The highest BCUT2D eigenvalue weighted by molar-refractivity contribution is 5.96. The van der Waals surface area contributed by atoms with Crippen molar-refractivity contribution in [1.29, 1.82) is 31.6 Å². The fraction of sp³-hybridized carbons (Fsp3) is 0.236. The Balaban J connectivity index is 0.000000124. The van der Waals surface area contributed by atoms with Gasteiger partial charge in [-0.2, -0.15) is 50.1 Å². The number of nitriles is 6. The molecule has 21 rings (SSSR count). The molecule has 38 heteroatoms. The summed E-state index contributed by atoms with van der Waals surface area (Å²) in [6.45, 7) is 23.9. The molecule has 0 spiro atoms. The molecule has 1 amide bonds. The molecule has 8 N–H and O–H groups in total. The Hall–Kier alpha value is -19.1. The highest BCUT2D eigenvalue weighted by Crippen LogP contribution is 2.37. The number of anilines is 6. The second kappa shape index (κ2) is 42.5. The van der Waals surface area contributed by atoms with Crippen LogP contribution in [0.3, 0.4) is 0 Å². The van der Waals surface area contributed by atoms with E-state index in [4.69, 9.17) is 24.9 Å². The fourth-order valence-corrected chi connectivity index (χ4v) is 17.3. The molecule has 6 aromatic carbocycles. The second-order valence-electron chi connectivity index (χ2n) is 35.5. The van der Waals surface area contributed by atoms with Gasteiger partial charge in [-0.05, 0) is 141 Å². The Morgan fingerprint density at radius 2 is 0.826 bits per heavy atom. The van der Waals surface area contributed by atoms with Crippen LogP contribution in [0.5, 0.6) is 11.6 Å². The molecule has 2 fully saturated rings. The Morgan fingerprint density at radius 1 is 0.403 bits per heavy atom. The first-order valence-electron chi connectivity index (χ1n) is 46.6. The zero-order valence-corrected chi connectivity index (χ0v) is 80.3. The first-order chi connectivity index (χ1) is 69.6. The van der Waals surface area contributed by atoms with Gasteiger partial charge in [-0.3, -0.25) is 64.2 Å². The number of carbonyl (C=O) groups is 1. The van der Waals surface area contributed by atoms with Crippen molar-refractivity contribution in [2.24, 2.45) is 0 Å². The number of para-hydroxylation sites is 3. The predicted molar refractivity (Wildman–Crippen MR) is 543 cm³/mol. The SMILES string of the molecule is CC(C)c1c(-c2cccc(N3CCCC3=O)c2)nc2c(C#N)c[nH]n2c1=O.CC(C)c1c(-c2coc3ccccc23)nc2c(C#N)c[nH]n2c1=O.CC(C)c1c(N2CCCCC2)nc2c(C#N)c[nH]n2c1=O.CC(C)c1c(Nc2ccccc2)nc2c(C#N)c[nH]n2c1=O.CC(C)c1c(Oc2ccccc2)nc2c(C#N)c[nH]n2c1=O.CCc1c(-c2cccc(Nc3ccc(F)cc3)c2)nc2c(C#N)c[nH]n2c1=O. The molecule has 144 heavy (non-hydrogen) atoms. The number of nitrogens with zero attached hydrogens (tertiary/aromatic N) is 20. The van der Waals surface area contributed by atoms with Crippen LogP contribution in [0, 0.1) is 73.8 Å². The molecular weight excluding hydrogens is 1830 g/mol. The average Bonchev–Trinajstić information content (AvgIpc) is 1.59. The van der Waals surface area contributed by atoms with Gasteiger partial charge in [0.1, 0.15) is 105 Å². The molecule has 0 aliphatic carbocycles. The molecule has 722 valence electrons. The largest absolute Gasteiger partial charge is 0.464 e. The fourth-order valence-electron chi connectivity index (χ4n) is 17.3. The van der Waals surface area contributed by atoms with Crippen molar-refractivity contribution in [2.45, 2.75) is 144 Å². The summed E-state index contributed by atoms with van der Waals surface area (Å²) in [5, 5.41) is 79.3. The molecule has 2 aliphatic rings. The number of hydrogen-bond donors (Lipinski definition) is 8. The van der Waals surface area contributed by atoms with Crippen LogP contribution in [0.4, 0.5) is 38.8 Å². The first-order valence-corrected chi connectivity index (χ1v) is 46.6. The summed E-state index contributed by atoms with van der Waals surface area (Å²) < 4.78 is 32.4. The van der Waals surface area contributed by atoms with Gasteiger partial charge in [0.2, 0.25) is 11.8 Å². The second-order valence-corrected chi connectivity index (χ2v) is 35.5. The summed E-state index contributed by atoms with van der Waals surface area (Å²) in [4.78, 5) is 120. The summed E-state index contributed by atoms with van der Waals surface area (Å²) in [5.41, 5.74) is 14.1. The highest BCUT2D eigenvalue weighted by Gasteiger charge is 2.30. The summed E-state index contributed by atoms with van der Waals surface area (Å²) in [7, 11) is 0. The van der Waals surface area contributed by atoms with Gasteiger partial charge >= 0.3 is 0 Å². The number of halogens is 1. The standard InChI is InChI=1S/C21H16FN5O.C20H19N5O2.C18H14N4O2.C16H15N5O.C16H14N4O2.C15H19N5O/c1-2-18-19(26-20-14(11-23)12-24-27(20)21(18)28)13-4-3-5-17(10-13)25-16-8-6-15(22)7-9-16;1-12(2)17-18(23-19-14(10-21)11-22-25(19)20(17)27)13-5-3-6-15(9-13)24-8-4-7-16(24)26;1-10(2)15-16(13-9-24-14-6-4-3-5-12(13)14)21-17-11(7-19)8-20-22(17)18(15)23;1-10(2)13-14(19-12-6-4-3-5-7-12)20-15-11(8-17)9-18-21(15)16(13)22;1-10(2)13-15(22-12-6-4-3-5-7-12)19-14-11(8-17)9-18-20(14)16(13)21;1-10(2)12-14(19-6-4-3-5-7-19)18-13-11(8-16)9-17-20(13)15(12)21/h3-10,12,24-25H,2H2,1H3;3,5-6,9,11-12,22H,4,7-8H2,1-2H3;3-6,8-10,20H,1-2H3;3-7,9-10,18-19H,1-2H3;3-7,9-10,18H,1-2H3;9-10,17H,3-7H2,1-2H3. The lowest BCUT2D eigenvalue weighted by atomic mass is 9.98. The van der Waals surface area contributed by atoms with E-state index in [0.29, 0.717) is 137 Å². The molecule has 0 radical (unpaired) electrons. The van der Waals surface area contributed by atoms with Crippen LogP contribution in [0.1, 0.15) is 205 Å². The summed E-state index contributed by atoms with van der Waals surface area (Å²) >= 11 is 0. The number of furan rings is 1. The Morgan fingerprint density at radius 3 is 1.33 bits per heavy atom. The van der Waals surface area contributed by atoms with Gasteiger partial charge in [-0.1, -0.05) is 155 Å². The van der Waals surface area contributed by atoms with Crippen molar-refractivity contribution in [3.05, 3.63) is 336 Å². The van der Waals surface area contributed by atoms with E-state index in [1.807, 2.05) is 216 Å². The van der Waals surface area contributed by atoms with Crippen LogP contribution < -0.4 is 58.5 Å². The van der Waals surface area contributed by atoms with Crippen molar-refractivity contribution in [3.63, 3.8) is 0 Å².